The molecule has 2 aromatic rings. The third-order valence-electron chi connectivity index (χ3n) is 2.36. The minimum absolute atomic E-state index is 0.262. The van der Waals surface area contributed by atoms with Gasteiger partial charge in [0.05, 0.1) is 7.11 Å². The van der Waals surface area contributed by atoms with Crippen molar-refractivity contribution < 1.29 is 8.95 Å². The number of hydrogen-bond donors (Lipinski definition) is 0. The number of aromatic nitrogens is 2. The van der Waals surface area contributed by atoms with Crippen LogP contribution in [0.25, 0.3) is 11.3 Å². The van der Waals surface area contributed by atoms with Gasteiger partial charge in [0.15, 0.2) is 5.82 Å². The van der Waals surface area contributed by atoms with E-state index < -0.39 is 9.73 Å². The summed E-state index contributed by atoms with van der Waals surface area (Å²) in [5.41, 5.74) is 1.35. The molecule has 5 nitrogen and oxygen atoms in total. The zero-order valence-electron chi connectivity index (χ0n) is 11.3. The molecule has 0 unspecified atom stereocenters. The molecule has 0 aromatic carbocycles. The Labute approximate surface area is 123 Å². The Morgan fingerprint density at radius 1 is 1.35 bits per heavy atom. The van der Waals surface area contributed by atoms with Gasteiger partial charge in [-0.2, -0.15) is 4.36 Å². The third kappa shape index (κ3) is 3.68. The van der Waals surface area contributed by atoms with Crippen LogP contribution in [0.1, 0.15) is 0 Å². The van der Waals surface area contributed by atoms with Gasteiger partial charge in [0.1, 0.15) is 16.6 Å². The predicted octanol–water partition coefficient (Wildman–Crippen LogP) is 3.16. The van der Waals surface area contributed by atoms with E-state index in [-0.39, 0.29) is 5.15 Å². The Hall–Kier alpha value is -1.66. The van der Waals surface area contributed by atoms with Crippen molar-refractivity contribution >= 4 is 27.1 Å². The highest BCUT2D eigenvalue weighted by Crippen LogP contribution is 2.31. The van der Waals surface area contributed by atoms with Crippen molar-refractivity contribution in [2.24, 2.45) is 4.36 Å². The Balaban J connectivity index is 2.61. The van der Waals surface area contributed by atoms with Crippen LogP contribution in [0.5, 0.6) is 5.75 Å². The van der Waals surface area contributed by atoms with Crippen LogP contribution in [0.2, 0.25) is 5.15 Å². The van der Waals surface area contributed by atoms with Crippen LogP contribution >= 0.6 is 11.6 Å². The number of ether oxygens (including phenoxy) is 1. The van der Waals surface area contributed by atoms with Crippen molar-refractivity contribution in [1.82, 2.24) is 9.97 Å². The summed E-state index contributed by atoms with van der Waals surface area (Å²) in [5, 5.41) is 0.262. The van der Waals surface area contributed by atoms with Gasteiger partial charge in [0, 0.05) is 34.0 Å². The summed E-state index contributed by atoms with van der Waals surface area (Å²) in [6.45, 7) is 0. The fraction of sp³-hybridized carbons (Fsp3) is 0.231. The van der Waals surface area contributed by atoms with E-state index in [2.05, 4.69) is 14.3 Å². The molecule has 0 saturated carbocycles. The fourth-order valence-electron chi connectivity index (χ4n) is 1.66. The summed E-state index contributed by atoms with van der Waals surface area (Å²) in [6, 6.07) is 6.93. The second-order valence-electron chi connectivity index (χ2n) is 4.36. The Morgan fingerprint density at radius 2 is 2.10 bits per heavy atom. The van der Waals surface area contributed by atoms with Crippen molar-refractivity contribution in [2.45, 2.75) is 0 Å². The lowest BCUT2D eigenvalue weighted by molar-refractivity contribution is 0.415. The quantitative estimate of drug-likeness (QED) is 0.817. The average Bonchev–Trinajstić information content (AvgIpc) is 2.36. The minimum Gasteiger partial charge on any atom is -0.494 e. The molecule has 0 spiro atoms. The predicted molar refractivity (Wildman–Crippen MR) is 81.1 cm³/mol. The molecule has 0 aliphatic rings. The van der Waals surface area contributed by atoms with Gasteiger partial charge in [-0.3, -0.25) is 4.98 Å². The fourth-order valence-corrected chi connectivity index (χ4v) is 2.41. The average molecular weight is 312 g/mol. The van der Waals surface area contributed by atoms with Gasteiger partial charge in [-0.1, -0.05) is 11.6 Å². The van der Waals surface area contributed by atoms with E-state index in [1.807, 2.05) is 0 Å². The highest BCUT2D eigenvalue weighted by Gasteiger charge is 2.10. The van der Waals surface area contributed by atoms with E-state index in [0.717, 1.165) is 0 Å². The topological polar surface area (TPSA) is 64.4 Å². The zero-order chi connectivity index (χ0) is 14.8. The molecule has 0 N–H and O–H groups in total. The highest BCUT2D eigenvalue weighted by atomic mass is 35.5. The SMILES string of the molecule is COc1cccnc1-c1cc(Cl)nc(N=S(C)(C)=O)c1. The number of methoxy groups -OCH3 is 1. The molecule has 2 aromatic heterocycles. The summed E-state index contributed by atoms with van der Waals surface area (Å²) in [7, 11) is -0.737. The molecule has 2 rings (SSSR count). The van der Waals surface area contributed by atoms with Crippen LogP contribution in [0.4, 0.5) is 5.82 Å². The molecule has 0 amide bonds. The molecule has 0 saturated heterocycles. The van der Waals surface area contributed by atoms with Crippen molar-refractivity contribution in [1.29, 1.82) is 0 Å². The van der Waals surface area contributed by atoms with E-state index in [4.69, 9.17) is 16.3 Å². The number of halogens is 1. The summed E-state index contributed by atoms with van der Waals surface area (Å²) in [5.74, 6) is 0.935. The normalized spacial score (nSPS) is 11.2. The van der Waals surface area contributed by atoms with Crippen molar-refractivity contribution in [2.75, 3.05) is 19.6 Å². The molecular formula is C13H14ClN3O2S. The maximum Gasteiger partial charge on any atom is 0.163 e. The maximum atomic E-state index is 11.7. The molecular weight excluding hydrogens is 298 g/mol. The van der Waals surface area contributed by atoms with Gasteiger partial charge in [0.25, 0.3) is 0 Å². The van der Waals surface area contributed by atoms with Crippen LogP contribution < -0.4 is 4.74 Å². The monoisotopic (exact) mass is 311 g/mol. The third-order valence-corrected chi connectivity index (χ3v) is 3.18. The van der Waals surface area contributed by atoms with E-state index in [9.17, 15) is 4.21 Å². The molecule has 0 aliphatic heterocycles. The Morgan fingerprint density at radius 3 is 2.75 bits per heavy atom. The van der Waals surface area contributed by atoms with Crippen molar-refractivity contribution in [3.63, 3.8) is 0 Å². The number of nitrogens with zero attached hydrogens (tertiary/aromatic N) is 3. The van der Waals surface area contributed by atoms with Crippen LogP contribution in [-0.2, 0) is 9.73 Å². The van der Waals surface area contributed by atoms with Gasteiger partial charge in [-0.25, -0.2) is 9.19 Å². The first kappa shape index (κ1) is 14.7. The molecule has 0 bridgehead atoms. The lowest BCUT2D eigenvalue weighted by Gasteiger charge is -2.08. The van der Waals surface area contributed by atoms with Gasteiger partial charge < -0.3 is 4.74 Å². The number of hydrogen-bond acceptors (Lipinski definition) is 5. The number of pyridine rings is 2. The molecule has 0 atom stereocenters. The molecule has 20 heavy (non-hydrogen) atoms. The van der Waals surface area contributed by atoms with E-state index in [0.29, 0.717) is 22.8 Å². The first-order valence-corrected chi connectivity index (χ1v) is 8.44. The molecule has 2 heterocycles. The Kier molecular flexibility index (Phi) is 4.25. The second kappa shape index (κ2) is 5.76. The first-order chi connectivity index (χ1) is 9.39. The van der Waals surface area contributed by atoms with Crippen LogP contribution in [0.15, 0.2) is 34.8 Å². The Bertz CT molecular complexity index is 747. The van der Waals surface area contributed by atoms with Crippen molar-refractivity contribution in [3.05, 3.63) is 35.6 Å². The smallest absolute Gasteiger partial charge is 0.163 e. The van der Waals surface area contributed by atoms with Gasteiger partial charge in [-0.15, -0.1) is 0 Å². The molecule has 0 aliphatic carbocycles. The largest absolute Gasteiger partial charge is 0.494 e. The van der Waals surface area contributed by atoms with E-state index >= 15 is 0 Å². The van der Waals surface area contributed by atoms with Crippen LogP contribution in [0.3, 0.4) is 0 Å². The first-order valence-electron chi connectivity index (χ1n) is 5.73. The standard InChI is InChI=1S/C13H14ClN3O2S/c1-19-10-5-4-6-15-13(10)9-7-11(14)16-12(8-9)17-20(2,3)18/h4-8H,1-3H3. The maximum absolute atomic E-state index is 11.7. The lowest BCUT2D eigenvalue weighted by atomic mass is 10.1. The molecule has 0 radical (unpaired) electrons. The van der Waals surface area contributed by atoms with E-state index in [1.54, 1.807) is 37.6 Å². The molecule has 7 heteroatoms. The van der Waals surface area contributed by atoms with Crippen molar-refractivity contribution in [3.8, 4) is 17.0 Å². The van der Waals surface area contributed by atoms with Gasteiger partial charge in [-0.05, 0) is 24.3 Å². The summed E-state index contributed by atoms with van der Waals surface area (Å²) >= 11 is 5.99. The lowest BCUT2D eigenvalue weighted by Crippen LogP contribution is -1.93. The minimum atomic E-state index is -2.31. The van der Waals surface area contributed by atoms with Crippen LogP contribution in [-0.4, -0.2) is 33.8 Å². The summed E-state index contributed by atoms with van der Waals surface area (Å²) < 4.78 is 21.1. The van der Waals surface area contributed by atoms with Crippen LogP contribution in [0, 0.1) is 0 Å². The van der Waals surface area contributed by atoms with E-state index in [1.165, 1.54) is 12.5 Å². The summed E-state index contributed by atoms with van der Waals surface area (Å²) in [6.07, 6.45) is 4.74. The highest BCUT2D eigenvalue weighted by molar-refractivity contribution is 7.92. The second-order valence-corrected chi connectivity index (χ2v) is 7.30. The molecule has 0 fully saturated rings. The zero-order valence-corrected chi connectivity index (χ0v) is 12.9. The van der Waals surface area contributed by atoms with Gasteiger partial charge in [0.2, 0.25) is 0 Å². The van der Waals surface area contributed by atoms with Gasteiger partial charge >= 0.3 is 0 Å². The summed E-state index contributed by atoms with van der Waals surface area (Å²) in [4.78, 5) is 8.33. The molecule has 106 valence electrons. The number of rotatable bonds is 3.